The van der Waals surface area contributed by atoms with Gasteiger partial charge in [-0.3, -0.25) is 4.79 Å². The van der Waals surface area contributed by atoms with Crippen molar-refractivity contribution in [1.29, 1.82) is 0 Å². The van der Waals surface area contributed by atoms with Gasteiger partial charge in [-0.15, -0.1) is 0 Å². The molecule has 134 valence electrons. The summed E-state index contributed by atoms with van der Waals surface area (Å²) in [6.45, 7) is 5.88. The number of carbonyl (C=O) groups excluding carboxylic acids is 1. The molecule has 0 aliphatic carbocycles. The van der Waals surface area contributed by atoms with Gasteiger partial charge in [0.2, 0.25) is 5.91 Å². The van der Waals surface area contributed by atoms with Gasteiger partial charge in [0.25, 0.3) is 0 Å². The van der Waals surface area contributed by atoms with Gasteiger partial charge >= 0.3 is 0 Å². The highest BCUT2D eigenvalue weighted by atomic mass is 16.5. The molecule has 1 heterocycles. The van der Waals surface area contributed by atoms with Crippen LogP contribution in [0.5, 0.6) is 11.5 Å². The largest absolute Gasteiger partial charge is 0.490 e. The summed E-state index contributed by atoms with van der Waals surface area (Å²) in [5.74, 6) is 1.68. The van der Waals surface area contributed by atoms with Crippen LogP contribution in [0, 0.1) is 0 Å². The molecule has 24 heavy (non-hydrogen) atoms. The summed E-state index contributed by atoms with van der Waals surface area (Å²) in [6, 6.07) is 7.85. The van der Waals surface area contributed by atoms with Gasteiger partial charge in [-0.25, -0.2) is 0 Å². The van der Waals surface area contributed by atoms with E-state index in [0.717, 1.165) is 37.3 Å². The highest BCUT2D eigenvalue weighted by Crippen LogP contribution is 2.26. The van der Waals surface area contributed by atoms with Crippen molar-refractivity contribution in [2.75, 3.05) is 19.8 Å². The van der Waals surface area contributed by atoms with Crippen LogP contribution >= 0.6 is 0 Å². The number of hydrogen-bond acceptors (Lipinski definition) is 4. The molecule has 1 saturated heterocycles. The fraction of sp³-hybridized carbons (Fsp3) is 0.632. The fourth-order valence-corrected chi connectivity index (χ4v) is 3.21. The van der Waals surface area contributed by atoms with Crippen molar-refractivity contribution >= 4 is 5.91 Å². The Bertz CT molecular complexity index is 519. The number of amides is 1. The minimum Gasteiger partial charge on any atom is -0.490 e. The highest BCUT2D eigenvalue weighted by Gasteiger charge is 2.28. The van der Waals surface area contributed by atoms with E-state index in [1.165, 1.54) is 0 Å². The van der Waals surface area contributed by atoms with E-state index in [2.05, 4.69) is 0 Å². The molecule has 1 aliphatic rings. The maximum absolute atomic E-state index is 12.5. The van der Waals surface area contributed by atoms with Crippen molar-refractivity contribution < 1.29 is 14.3 Å². The Kier molecular flexibility index (Phi) is 7.37. The van der Waals surface area contributed by atoms with Crippen molar-refractivity contribution in [2.24, 2.45) is 5.73 Å². The van der Waals surface area contributed by atoms with Gasteiger partial charge in [0, 0.05) is 25.0 Å². The first-order chi connectivity index (χ1) is 11.6. The molecule has 5 heteroatoms. The summed E-state index contributed by atoms with van der Waals surface area (Å²) in [5.41, 5.74) is 6.04. The maximum Gasteiger partial charge on any atom is 0.222 e. The van der Waals surface area contributed by atoms with E-state index >= 15 is 0 Å². The van der Waals surface area contributed by atoms with Gasteiger partial charge in [0.1, 0.15) is 0 Å². The monoisotopic (exact) mass is 334 g/mol. The van der Waals surface area contributed by atoms with E-state index in [0.29, 0.717) is 26.1 Å². The molecule has 1 fully saturated rings. The third-order valence-corrected chi connectivity index (χ3v) is 4.42. The average molecular weight is 334 g/mol. The van der Waals surface area contributed by atoms with Crippen LogP contribution in [0.25, 0.3) is 0 Å². The van der Waals surface area contributed by atoms with Crippen LogP contribution in [0.2, 0.25) is 0 Å². The molecule has 0 radical (unpaired) electrons. The van der Waals surface area contributed by atoms with Crippen molar-refractivity contribution in [2.45, 2.75) is 58.0 Å². The SMILES string of the molecule is CCOc1ccccc1OCCCC(=O)N1CCCCC1C(C)N. The van der Waals surface area contributed by atoms with Gasteiger partial charge in [0.05, 0.1) is 13.2 Å². The maximum atomic E-state index is 12.5. The van der Waals surface area contributed by atoms with Crippen LogP contribution in [0.1, 0.15) is 46.0 Å². The second-order valence-corrected chi connectivity index (χ2v) is 6.34. The number of benzene rings is 1. The van der Waals surface area contributed by atoms with E-state index < -0.39 is 0 Å². The summed E-state index contributed by atoms with van der Waals surface area (Å²) in [7, 11) is 0. The molecule has 0 saturated carbocycles. The lowest BCUT2D eigenvalue weighted by Gasteiger charge is -2.38. The standard InChI is InChI=1S/C19H30N2O3/c1-3-23-17-10-4-5-11-18(17)24-14-8-12-19(22)21-13-7-6-9-16(21)15(2)20/h4-5,10-11,15-16H,3,6-9,12-14,20H2,1-2H3. The van der Waals surface area contributed by atoms with Crippen molar-refractivity contribution in [3.05, 3.63) is 24.3 Å². The second kappa shape index (κ2) is 9.52. The second-order valence-electron chi connectivity index (χ2n) is 6.34. The Morgan fingerprint density at radius 3 is 2.67 bits per heavy atom. The zero-order valence-corrected chi connectivity index (χ0v) is 14.9. The average Bonchev–Trinajstić information content (AvgIpc) is 2.60. The predicted molar refractivity (Wildman–Crippen MR) is 95.3 cm³/mol. The molecule has 2 N–H and O–H groups in total. The number of carbonyl (C=O) groups is 1. The Balaban J connectivity index is 1.78. The third kappa shape index (κ3) is 5.13. The molecule has 0 spiro atoms. The Morgan fingerprint density at radius 2 is 2.00 bits per heavy atom. The van der Waals surface area contributed by atoms with Gasteiger partial charge in [-0.1, -0.05) is 12.1 Å². The lowest BCUT2D eigenvalue weighted by atomic mass is 9.96. The lowest BCUT2D eigenvalue weighted by Crippen LogP contribution is -2.51. The molecule has 2 atom stereocenters. The number of likely N-dealkylation sites (tertiary alicyclic amines) is 1. The van der Waals surface area contributed by atoms with Gasteiger partial charge < -0.3 is 20.1 Å². The molecule has 1 aliphatic heterocycles. The number of rotatable bonds is 8. The van der Waals surface area contributed by atoms with Crippen LogP contribution in [-0.4, -0.2) is 42.6 Å². The first-order valence-corrected chi connectivity index (χ1v) is 9.03. The molecule has 1 aromatic rings. The molecule has 0 bridgehead atoms. The van der Waals surface area contributed by atoms with Crippen molar-refractivity contribution in [1.82, 2.24) is 4.90 Å². The minimum absolute atomic E-state index is 0.0311. The molecule has 1 aromatic carbocycles. The summed E-state index contributed by atoms with van der Waals surface area (Å²) < 4.78 is 11.3. The topological polar surface area (TPSA) is 64.8 Å². The summed E-state index contributed by atoms with van der Waals surface area (Å²) >= 11 is 0. The fourth-order valence-electron chi connectivity index (χ4n) is 3.21. The molecule has 1 amide bonds. The molecular weight excluding hydrogens is 304 g/mol. The number of nitrogens with two attached hydrogens (primary N) is 1. The van der Waals surface area contributed by atoms with Crippen molar-refractivity contribution in [3.8, 4) is 11.5 Å². The zero-order chi connectivity index (χ0) is 17.4. The van der Waals surface area contributed by atoms with Crippen LogP contribution in [0.3, 0.4) is 0 Å². The lowest BCUT2D eigenvalue weighted by molar-refractivity contribution is -0.135. The Hall–Kier alpha value is -1.75. The van der Waals surface area contributed by atoms with E-state index in [1.54, 1.807) is 0 Å². The molecule has 0 aromatic heterocycles. The third-order valence-electron chi connectivity index (χ3n) is 4.42. The highest BCUT2D eigenvalue weighted by molar-refractivity contribution is 5.76. The predicted octanol–water partition coefficient (Wildman–Crippen LogP) is 2.97. The molecule has 2 rings (SSSR count). The number of hydrogen-bond donors (Lipinski definition) is 1. The molecular formula is C19H30N2O3. The van der Waals surface area contributed by atoms with Gasteiger partial charge in [-0.05, 0) is 51.7 Å². The van der Waals surface area contributed by atoms with E-state index in [4.69, 9.17) is 15.2 Å². The normalized spacial score (nSPS) is 19.0. The quantitative estimate of drug-likeness (QED) is 0.742. The molecule has 5 nitrogen and oxygen atoms in total. The Morgan fingerprint density at radius 1 is 1.29 bits per heavy atom. The number of para-hydroxylation sites is 2. The van der Waals surface area contributed by atoms with Gasteiger partial charge in [-0.2, -0.15) is 0 Å². The van der Waals surface area contributed by atoms with Crippen LogP contribution in [-0.2, 0) is 4.79 Å². The number of piperidine rings is 1. The minimum atomic E-state index is 0.0311. The van der Waals surface area contributed by atoms with Crippen molar-refractivity contribution in [3.63, 3.8) is 0 Å². The summed E-state index contributed by atoms with van der Waals surface area (Å²) in [6.07, 6.45) is 4.45. The van der Waals surface area contributed by atoms with Crippen LogP contribution in [0.15, 0.2) is 24.3 Å². The first-order valence-electron chi connectivity index (χ1n) is 9.03. The van der Waals surface area contributed by atoms with E-state index in [1.807, 2.05) is 43.0 Å². The van der Waals surface area contributed by atoms with E-state index in [-0.39, 0.29) is 18.0 Å². The molecule has 2 unspecified atom stereocenters. The zero-order valence-electron chi connectivity index (χ0n) is 14.9. The first kappa shape index (κ1) is 18.6. The van der Waals surface area contributed by atoms with Gasteiger partial charge in [0.15, 0.2) is 11.5 Å². The van der Waals surface area contributed by atoms with Crippen LogP contribution < -0.4 is 15.2 Å². The van der Waals surface area contributed by atoms with E-state index in [9.17, 15) is 4.79 Å². The van der Waals surface area contributed by atoms with Crippen LogP contribution in [0.4, 0.5) is 0 Å². The number of nitrogens with zero attached hydrogens (tertiary/aromatic N) is 1. The summed E-state index contributed by atoms with van der Waals surface area (Å²) in [5, 5.41) is 0. The number of ether oxygens (including phenoxy) is 2. The summed E-state index contributed by atoms with van der Waals surface area (Å²) in [4.78, 5) is 14.5. The Labute approximate surface area is 145 Å². The smallest absolute Gasteiger partial charge is 0.222 e.